The van der Waals surface area contributed by atoms with Crippen molar-refractivity contribution in [3.8, 4) is 0 Å². The molecule has 10 atom stereocenters. The van der Waals surface area contributed by atoms with Gasteiger partial charge in [0.2, 0.25) is 0 Å². The molecule has 174 valence electrons. The first-order valence-electron chi connectivity index (χ1n) is 12.9. The van der Waals surface area contributed by atoms with Gasteiger partial charge in [-0.15, -0.1) is 0 Å². The van der Waals surface area contributed by atoms with Gasteiger partial charge in [-0.2, -0.15) is 0 Å². The van der Waals surface area contributed by atoms with E-state index in [1.165, 1.54) is 18.4 Å². The first-order valence-corrected chi connectivity index (χ1v) is 12.9. The Labute approximate surface area is 187 Å². The topological polar surface area (TPSA) is 58.9 Å². The molecule has 2 bridgehead atoms. The lowest BCUT2D eigenvalue weighted by Crippen LogP contribution is -2.62. The standard InChI is InChI=1S/C27H42O4/c1-23(2,29)27-13-12-26(5,31-27)22-21(30-27)15-20-18-7-6-16-14-17(28)8-10-24(16,3)19(18)9-11-25(20,22)4/h6,17-22,28-29H,7-15H2,1-5H3/t17-,18+,19-,20-,21-,22-,24-,25-,26-,27-/m0/s1. The molecule has 0 aromatic heterocycles. The minimum Gasteiger partial charge on any atom is -0.393 e. The lowest BCUT2D eigenvalue weighted by Gasteiger charge is -2.59. The minimum absolute atomic E-state index is 0.141. The van der Waals surface area contributed by atoms with Crippen molar-refractivity contribution < 1.29 is 19.7 Å². The van der Waals surface area contributed by atoms with Crippen molar-refractivity contribution in [2.24, 2.45) is 34.5 Å². The minimum atomic E-state index is -0.994. The summed E-state index contributed by atoms with van der Waals surface area (Å²) < 4.78 is 13.5. The van der Waals surface area contributed by atoms with Crippen molar-refractivity contribution in [3.63, 3.8) is 0 Å². The summed E-state index contributed by atoms with van der Waals surface area (Å²) in [5.74, 6) is 1.65. The number of hydrogen-bond donors (Lipinski definition) is 2. The average molecular weight is 431 g/mol. The Kier molecular flexibility index (Phi) is 4.21. The van der Waals surface area contributed by atoms with Crippen LogP contribution in [0.4, 0.5) is 0 Å². The monoisotopic (exact) mass is 430 g/mol. The normalized spacial score (nSPS) is 58.1. The maximum atomic E-state index is 11.0. The van der Waals surface area contributed by atoms with Crippen molar-refractivity contribution in [2.75, 3.05) is 0 Å². The van der Waals surface area contributed by atoms with E-state index in [0.717, 1.165) is 50.9 Å². The van der Waals surface area contributed by atoms with E-state index in [-0.39, 0.29) is 28.6 Å². The largest absolute Gasteiger partial charge is 0.393 e. The van der Waals surface area contributed by atoms with Gasteiger partial charge < -0.3 is 19.7 Å². The molecule has 5 fully saturated rings. The number of hydrogen-bond acceptors (Lipinski definition) is 4. The van der Waals surface area contributed by atoms with Gasteiger partial charge in [-0.3, -0.25) is 0 Å². The molecule has 0 radical (unpaired) electrons. The summed E-state index contributed by atoms with van der Waals surface area (Å²) in [6, 6.07) is 0. The van der Waals surface area contributed by atoms with Crippen molar-refractivity contribution in [1.82, 2.24) is 0 Å². The maximum Gasteiger partial charge on any atom is 0.197 e. The van der Waals surface area contributed by atoms with Gasteiger partial charge in [0.15, 0.2) is 5.79 Å². The molecule has 3 saturated carbocycles. The van der Waals surface area contributed by atoms with Gasteiger partial charge >= 0.3 is 0 Å². The molecule has 0 aromatic rings. The number of aliphatic hydroxyl groups excluding tert-OH is 1. The van der Waals surface area contributed by atoms with Crippen LogP contribution in [-0.2, 0) is 9.47 Å². The zero-order valence-corrected chi connectivity index (χ0v) is 20.1. The van der Waals surface area contributed by atoms with Gasteiger partial charge in [0.1, 0.15) is 5.60 Å². The molecule has 2 heterocycles. The highest BCUT2D eigenvalue weighted by Gasteiger charge is 2.72. The summed E-state index contributed by atoms with van der Waals surface area (Å²) in [4.78, 5) is 0. The second kappa shape index (κ2) is 6.17. The summed E-state index contributed by atoms with van der Waals surface area (Å²) >= 11 is 0. The zero-order chi connectivity index (χ0) is 22.0. The fourth-order valence-electron chi connectivity index (χ4n) is 9.85. The number of fused-ring (bicyclic) bond motifs is 10. The molecular formula is C27H42O4. The Balaban J connectivity index is 1.36. The van der Waals surface area contributed by atoms with Crippen LogP contribution in [0.3, 0.4) is 0 Å². The molecule has 6 aliphatic rings. The quantitative estimate of drug-likeness (QED) is 0.577. The van der Waals surface area contributed by atoms with E-state index in [0.29, 0.717) is 17.8 Å². The predicted molar refractivity (Wildman–Crippen MR) is 119 cm³/mol. The Morgan fingerprint density at radius 2 is 1.81 bits per heavy atom. The molecule has 0 aromatic carbocycles. The third-order valence-electron chi connectivity index (χ3n) is 11.4. The van der Waals surface area contributed by atoms with Gasteiger partial charge in [-0.05, 0) is 101 Å². The van der Waals surface area contributed by atoms with E-state index in [9.17, 15) is 10.2 Å². The van der Waals surface area contributed by atoms with E-state index in [2.05, 4.69) is 26.8 Å². The highest BCUT2D eigenvalue weighted by atomic mass is 16.7. The highest BCUT2D eigenvalue weighted by Crippen LogP contribution is 2.71. The van der Waals surface area contributed by atoms with E-state index < -0.39 is 11.4 Å². The Hall–Kier alpha value is -0.420. The number of allylic oxidation sites excluding steroid dienone is 1. The van der Waals surface area contributed by atoms with Crippen LogP contribution in [0.5, 0.6) is 0 Å². The molecule has 6 rings (SSSR count). The fourth-order valence-corrected chi connectivity index (χ4v) is 9.85. The first-order chi connectivity index (χ1) is 14.4. The second-order valence-electron chi connectivity index (χ2n) is 13.3. The van der Waals surface area contributed by atoms with Crippen LogP contribution in [0.1, 0.15) is 92.4 Å². The molecule has 0 amide bonds. The second-order valence-corrected chi connectivity index (χ2v) is 13.3. The lowest BCUT2D eigenvalue weighted by atomic mass is 9.46. The summed E-state index contributed by atoms with van der Waals surface area (Å²) in [7, 11) is 0. The third-order valence-corrected chi connectivity index (χ3v) is 11.4. The van der Waals surface area contributed by atoms with Crippen LogP contribution in [0.2, 0.25) is 0 Å². The molecule has 0 unspecified atom stereocenters. The van der Waals surface area contributed by atoms with Gasteiger partial charge in [0, 0.05) is 12.3 Å². The van der Waals surface area contributed by atoms with Crippen LogP contribution >= 0.6 is 0 Å². The van der Waals surface area contributed by atoms with Gasteiger partial charge in [-0.25, -0.2) is 0 Å². The number of ether oxygens (including phenoxy) is 2. The summed E-state index contributed by atoms with van der Waals surface area (Å²) in [6.45, 7) is 11.1. The van der Waals surface area contributed by atoms with Crippen LogP contribution in [0.15, 0.2) is 11.6 Å². The zero-order valence-electron chi connectivity index (χ0n) is 20.1. The van der Waals surface area contributed by atoms with Crippen LogP contribution in [-0.4, -0.2) is 39.4 Å². The van der Waals surface area contributed by atoms with Crippen molar-refractivity contribution >= 4 is 0 Å². The molecule has 0 spiro atoms. The predicted octanol–water partition coefficient (Wildman–Crippen LogP) is 4.97. The van der Waals surface area contributed by atoms with Gasteiger partial charge in [0.05, 0.1) is 17.8 Å². The molecule has 4 nitrogen and oxygen atoms in total. The van der Waals surface area contributed by atoms with Crippen molar-refractivity contribution in [3.05, 3.63) is 11.6 Å². The Morgan fingerprint density at radius 3 is 2.55 bits per heavy atom. The molecule has 2 saturated heterocycles. The SMILES string of the molecule is CC(C)(O)[C@]12CC[C@](C)(O1)[C@H]1[C@H](C[C@H]3[C@@H]4CC=C5C[C@@H](O)CC[C@]5(C)[C@H]4CC[C@@]31C)O2. The van der Waals surface area contributed by atoms with Gasteiger partial charge in [-0.1, -0.05) is 25.5 Å². The molecule has 2 N–H and O–H groups in total. The molecular weight excluding hydrogens is 388 g/mol. The summed E-state index contributed by atoms with van der Waals surface area (Å²) in [6.07, 6.45) is 12.1. The number of rotatable bonds is 1. The van der Waals surface area contributed by atoms with Crippen molar-refractivity contribution in [1.29, 1.82) is 0 Å². The molecule has 4 aliphatic carbocycles. The van der Waals surface area contributed by atoms with E-state index in [1.807, 2.05) is 13.8 Å². The lowest BCUT2D eigenvalue weighted by molar-refractivity contribution is -0.382. The maximum absolute atomic E-state index is 11.0. The first kappa shape index (κ1) is 21.1. The van der Waals surface area contributed by atoms with Crippen molar-refractivity contribution in [2.45, 2.75) is 122 Å². The molecule has 4 heteroatoms. The number of aliphatic hydroxyl groups is 2. The molecule has 31 heavy (non-hydrogen) atoms. The van der Waals surface area contributed by atoms with E-state index >= 15 is 0 Å². The third kappa shape index (κ3) is 2.57. The van der Waals surface area contributed by atoms with E-state index in [1.54, 1.807) is 0 Å². The highest BCUT2D eigenvalue weighted by molar-refractivity contribution is 5.27. The molecule has 2 aliphatic heterocycles. The van der Waals surface area contributed by atoms with E-state index in [4.69, 9.17) is 9.47 Å². The fraction of sp³-hybridized carbons (Fsp3) is 0.926. The Morgan fingerprint density at radius 1 is 1.03 bits per heavy atom. The van der Waals surface area contributed by atoms with Crippen LogP contribution < -0.4 is 0 Å². The van der Waals surface area contributed by atoms with Gasteiger partial charge in [0.25, 0.3) is 0 Å². The Bertz CT molecular complexity index is 815. The summed E-state index contributed by atoms with van der Waals surface area (Å²) in [5.41, 5.74) is 0.857. The van der Waals surface area contributed by atoms with Crippen LogP contribution in [0, 0.1) is 34.5 Å². The smallest absolute Gasteiger partial charge is 0.197 e. The average Bonchev–Trinajstić information content (AvgIpc) is 3.14. The van der Waals surface area contributed by atoms with Crippen LogP contribution in [0.25, 0.3) is 0 Å². The summed E-state index contributed by atoms with van der Waals surface area (Å²) in [5, 5.41) is 21.2.